The first-order valence-corrected chi connectivity index (χ1v) is 10.9. The molecule has 1 aromatic carbocycles. The number of aromatic nitrogens is 1. The summed E-state index contributed by atoms with van der Waals surface area (Å²) >= 11 is 6.48. The summed E-state index contributed by atoms with van der Waals surface area (Å²) in [6.45, 7) is 5.58. The third-order valence-corrected chi connectivity index (χ3v) is 5.80. The summed E-state index contributed by atoms with van der Waals surface area (Å²) in [5, 5.41) is 6.43. The van der Waals surface area contributed by atoms with E-state index in [0.717, 1.165) is 43.2 Å². The molecule has 0 aliphatic carbocycles. The first-order chi connectivity index (χ1) is 14.7. The Labute approximate surface area is 182 Å². The van der Waals surface area contributed by atoms with Crippen molar-refractivity contribution in [3.05, 3.63) is 47.1 Å². The molecule has 1 aromatic heterocycles. The number of morpholine rings is 1. The molecule has 160 valence electrons. The molecule has 30 heavy (non-hydrogen) atoms. The Balaban J connectivity index is 1.31. The van der Waals surface area contributed by atoms with Gasteiger partial charge in [0.15, 0.2) is 0 Å². The number of anilines is 3. The molecule has 2 amide bonds. The van der Waals surface area contributed by atoms with Gasteiger partial charge in [-0.25, -0.2) is 9.78 Å². The van der Waals surface area contributed by atoms with Gasteiger partial charge in [-0.05, 0) is 55.2 Å². The fourth-order valence-electron chi connectivity index (χ4n) is 3.87. The largest absolute Gasteiger partial charge is 0.378 e. The van der Waals surface area contributed by atoms with Crippen molar-refractivity contribution in [2.45, 2.75) is 25.8 Å². The van der Waals surface area contributed by atoms with Gasteiger partial charge in [0.2, 0.25) is 0 Å². The van der Waals surface area contributed by atoms with Crippen molar-refractivity contribution >= 4 is 34.8 Å². The normalized spacial score (nSPS) is 17.0. The summed E-state index contributed by atoms with van der Waals surface area (Å²) < 4.78 is 5.39. The van der Waals surface area contributed by atoms with Gasteiger partial charge in [0, 0.05) is 44.6 Å². The fraction of sp³-hybridized carbons (Fsp3) is 0.455. The van der Waals surface area contributed by atoms with E-state index in [1.54, 1.807) is 6.20 Å². The summed E-state index contributed by atoms with van der Waals surface area (Å²) in [5.74, 6) is 0.915. The van der Waals surface area contributed by atoms with Crippen molar-refractivity contribution in [2.75, 3.05) is 54.5 Å². The second kappa shape index (κ2) is 10.00. The van der Waals surface area contributed by atoms with Crippen molar-refractivity contribution in [3.8, 4) is 0 Å². The van der Waals surface area contributed by atoms with Crippen LogP contribution < -0.4 is 20.4 Å². The minimum absolute atomic E-state index is 0.262. The predicted octanol–water partition coefficient (Wildman–Crippen LogP) is 3.88. The maximum Gasteiger partial charge on any atom is 0.319 e. The minimum Gasteiger partial charge on any atom is -0.378 e. The van der Waals surface area contributed by atoms with Crippen molar-refractivity contribution in [3.63, 3.8) is 0 Å². The molecule has 2 aromatic rings. The number of urea groups is 1. The SMILES string of the molecule is O=C(NCc1ccnc(N2CCOCC2)c1)Nc1ccc(N2CCCCC2)c(Cl)c1. The Hall–Kier alpha value is -2.51. The molecule has 0 radical (unpaired) electrons. The van der Waals surface area contributed by atoms with E-state index < -0.39 is 0 Å². The number of benzene rings is 1. The number of rotatable bonds is 5. The summed E-state index contributed by atoms with van der Waals surface area (Å²) in [4.78, 5) is 21.3. The fourth-order valence-corrected chi connectivity index (χ4v) is 4.17. The van der Waals surface area contributed by atoms with Crippen molar-refractivity contribution < 1.29 is 9.53 Å². The highest BCUT2D eigenvalue weighted by atomic mass is 35.5. The van der Waals surface area contributed by atoms with Gasteiger partial charge in [-0.1, -0.05) is 11.6 Å². The number of halogens is 1. The van der Waals surface area contributed by atoms with Crippen LogP contribution in [0.25, 0.3) is 0 Å². The lowest BCUT2D eigenvalue weighted by Gasteiger charge is -2.29. The maximum absolute atomic E-state index is 12.4. The molecule has 2 aliphatic rings. The molecular formula is C22H28ClN5O2. The molecule has 4 rings (SSSR count). The predicted molar refractivity (Wildman–Crippen MR) is 121 cm³/mol. The lowest BCUT2D eigenvalue weighted by atomic mass is 10.1. The van der Waals surface area contributed by atoms with Gasteiger partial charge < -0.3 is 25.2 Å². The molecular weight excluding hydrogens is 402 g/mol. The average Bonchev–Trinajstić information content (AvgIpc) is 2.79. The number of nitrogens with one attached hydrogen (secondary N) is 2. The molecule has 0 atom stereocenters. The molecule has 8 heteroatoms. The zero-order chi connectivity index (χ0) is 20.8. The molecule has 2 saturated heterocycles. The number of piperidine rings is 1. The van der Waals surface area contributed by atoms with Crippen LogP contribution in [0.2, 0.25) is 5.02 Å². The second-order valence-electron chi connectivity index (χ2n) is 7.64. The number of pyridine rings is 1. The quantitative estimate of drug-likeness (QED) is 0.754. The highest BCUT2D eigenvalue weighted by Gasteiger charge is 2.15. The summed E-state index contributed by atoms with van der Waals surface area (Å²) in [6.07, 6.45) is 5.44. The van der Waals surface area contributed by atoms with E-state index in [9.17, 15) is 4.79 Å². The molecule has 7 nitrogen and oxygen atoms in total. The van der Waals surface area contributed by atoms with Crippen LogP contribution >= 0.6 is 11.6 Å². The summed E-state index contributed by atoms with van der Waals surface area (Å²) in [5.41, 5.74) is 2.72. The zero-order valence-electron chi connectivity index (χ0n) is 17.1. The highest BCUT2D eigenvalue weighted by Crippen LogP contribution is 2.30. The standard InChI is InChI=1S/C22H28ClN5O2/c23-19-15-18(4-5-20(19)27-8-2-1-3-9-27)26-22(29)25-16-17-6-7-24-21(14-17)28-10-12-30-13-11-28/h4-7,14-15H,1-3,8-13,16H2,(H2,25,26,29). The van der Waals surface area contributed by atoms with E-state index in [4.69, 9.17) is 16.3 Å². The molecule has 0 saturated carbocycles. The maximum atomic E-state index is 12.4. The van der Waals surface area contributed by atoms with E-state index >= 15 is 0 Å². The molecule has 3 heterocycles. The van der Waals surface area contributed by atoms with E-state index in [0.29, 0.717) is 30.5 Å². The number of amides is 2. The van der Waals surface area contributed by atoms with Gasteiger partial charge in [-0.2, -0.15) is 0 Å². The first kappa shape index (κ1) is 20.8. The molecule has 0 unspecified atom stereocenters. The number of hydrogen-bond donors (Lipinski definition) is 2. The Morgan fingerprint density at radius 2 is 1.83 bits per heavy atom. The Morgan fingerprint density at radius 3 is 2.60 bits per heavy atom. The van der Waals surface area contributed by atoms with Crippen molar-refractivity contribution in [1.82, 2.24) is 10.3 Å². The lowest BCUT2D eigenvalue weighted by molar-refractivity contribution is 0.122. The lowest BCUT2D eigenvalue weighted by Crippen LogP contribution is -2.36. The second-order valence-corrected chi connectivity index (χ2v) is 8.05. The topological polar surface area (TPSA) is 69.7 Å². The highest BCUT2D eigenvalue weighted by molar-refractivity contribution is 6.33. The van der Waals surface area contributed by atoms with E-state index in [1.165, 1.54) is 19.3 Å². The van der Waals surface area contributed by atoms with Gasteiger partial charge in [-0.3, -0.25) is 0 Å². The number of ether oxygens (including phenoxy) is 1. The molecule has 0 spiro atoms. The van der Waals surface area contributed by atoms with Crippen LogP contribution in [0.15, 0.2) is 36.5 Å². The van der Waals surface area contributed by atoms with Gasteiger partial charge in [0.05, 0.1) is 23.9 Å². The molecule has 2 N–H and O–H groups in total. The molecule has 2 fully saturated rings. The molecule has 0 bridgehead atoms. The van der Waals surface area contributed by atoms with Crippen molar-refractivity contribution in [2.24, 2.45) is 0 Å². The number of carbonyl (C=O) groups excluding carboxylic acids is 1. The van der Waals surface area contributed by atoms with Crippen LogP contribution in [0, 0.1) is 0 Å². The van der Waals surface area contributed by atoms with Crippen LogP contribution in [-0.2, 0) is 11.3 Å². The van der Waals surface area contributed by atoms with Gasteiger partial charge in [0.25, 0.3) is 0 Å². The third kappa shape index (κ3) is 5.34. The summed E-state index contributed by atoms with van der Waals surface area (Å²) in [6, 6.07) is 9.36. The van der Waals surface area contributed by atoms with Crippen LogP contribution in [0.3, 0.4) is 0 Å². The van der Waals surface area contributed by atoms with Gasteiger partial charge >= 0.3 is 6.03 Å². The minimum atomic E-state index is -0.262. The Kier molecular flexibility index (Phi) is 6.92. The van der Waals surface area contributed by atoms with Crippen LogP contribution in [0.4, 0.5) is 22.0 Å². The number of nitrogens with zero attached hydrogens (tertiary/aromatic N) is 3. The van der Waals surface area contributed by atoms with Gasteiger partial charge in [-0.15, -0.1) is 0 Å². The van der Waals surface area contributed by atoms with Crippen LogP contribution in [0.5, 0.6) is 0 Å². The Bertz CT molecular complexity index is 866. The van der Waals surface area contributed by atoms with Crippen LogP contribution in [-0.4, -0.2) is 50.4 Å². The number of hydrogen-bond acceptors (Lipinski definition) is 5. The van der Waals surface area contributed by atoms with E-state index in [2.05, 4.69) is 25.4 Å². The smallest absolute Gasteiger partial charge is 0.319 e. The average molecular weight is 430 g/mol. The van der Waals surface area contributed by atoms with Crippen LogP contribution in [0.1, 0.15) is 24.8 Å². The van der Waals surface area contributed by atoms with Gasteiger partial charge in [0.1, 0.15) is 5.82 Å². The zero-order valence-corrected chi connectivity index (χ0v) is 17.8. The van der Waals surface area contributed by atoms with E-state index in [-0.39, 0.29) is 6.03 Å². The monoisotopic (exact) mass is 429 g/mol. The summed E-state index contributed by atoms with van der Waals surface area (Å²) in [7, 11) is 0. The third-order valence-electron chi connectivity index (χ3n) is 5.50. The van der Waals surface area contributed by atoms with Crippen molar-refractivity contribution in [1.29, 1.82) is 0 Å². The van der Waals surface area contributed by atoms with E-state index in [1.807, 2.05) is 30.3 Å². The first-order valence-electron chi connectivity index (χ1n) is 10.6. The Morgan fingerprint density at radius 1 is 1.03 bits per heavy atom. The number of carbonyl (C=O) groups is 1. The molecule has 2 aliphatic heterocycles.